The van der Waals surface area contributed by atoms with E-state index in [0.29, 0.717) is 12.0 Å². The van der Waals surface area contributed by atoms with Crippen LogP contribution in [0.4, 0.5) is 10.6 Å². The zero-order chi connectivity index (χ0) is 17.4. The fraction of sp³-hybridized carbons (Fsp3) is 0.500. The van der Waals surface area contributed by atoms with Gasteiger partial charge in [0.15, 0.2) is 0 Å². The van der Waals surface area contributed by atoms with Gasteiger partial charge in [-0.3, -0.25) is 5.32 Å². The van der Waals surface area contributed by atoms with Crippen molar-refractivity contribution in [3.63, 3.8) is 0 Å². The van der Waals surface area contributed by atoms with Crippen molar-refractivity contribution in [3.05, 3.63) is 47.7 Å². The van der Waals surface area contributed by atoms with E-state index in [-0.39, 0.29) is 12.1 Å². The summed E-state index contributed by atoms with van der Waals surface area (Å²) in [4.78, 5) is 15.0. The van der Waals surface area contributed by atoms with Crippen LogP contribution in [0, 0.1) is 5.92 Å². The first-order chi connectivity index (χ1) is 12.1. The maximum atomic E-state index is 13.0. The van der Waals surface area contributed by atoms with Crippen molar-refractivity contribution in [2.75, 3.05) is 11.9 Å². The molecule has 1 aliphatic heterocycles. The smallest absolute Gasteiger partial charge is 0.317 e. The predicted molar refractivity (Wildman–Crippen MR) is 98.6 cm³/mol. The van der Waals surface area contributed by atoms with Crippen LogP contribution in [0.3, 0.4) is 0 Å². The van der Waals surface area contributed by atoms with E-state index in [1.165, 1.54) is 17.5 Å². The first-order valence-electron chi connectivity index (χ1n) is 9.34. The van der Waals surface area contributed by atoms with Crippen LogP contribution in [0.5, 0.6) is 0 Å². The number of carbonyl (C=O) groups excluding carboxylic acids is 1. The highest BCUT2D eigenvalue weighted by molar-refractivity contribution is 5.89. The van der Waals surface area contributed by atoms with Gasteiger partial charge in [0, 0.05) is 12.6 Å². The molecular weight excluding hydrogens is 312 g/mol. The fourth-order valence-electron chi connectivity index (χ4n) is 4.06. The van der Waals surface area contributed by atoms with E-state index in [0.717, 1.165) is 31.6 Å². The van der Waals surface area contributed by atoms with Gasteiger partial charge in [0.1, 0.15) is 5.82 Å². The van der Waals surface area contributed by atoms with Gasteiger partial charge < -0.3 is 4.90 Å². The zero-order valence-electron chi connectivity index (χ0n) is 15.0. The van der Waals surface area contributed by atoms with E-state index < -0.39 is 0 Å². The molecule has 1 N–H and O–H groups in total. The molecule has 0 saturated heterocycles. The van der Waals surface area contributed by atoms with Crippen molar-refractivity contribution >= 4 is 11.8 Å². The molecule has 5 heteroatoms. The number of benzene rings is 1. The zero-order valence-corrected chi connectivity index (χ0v) is 15.0. The Bertz CT molecular complexity index is 763. The summed E-state index contributed by atoms with van der Waals surface area (Å²) in [5, 5.41) is 7.52. The minimum atomic E-state index is -0.0192. The molecule has 2 aliphatic rings. The Balaban J connectivity index is 1.56. The molecule has 1 aromatic carbocycles. The van der Waals surface area contributed by atoms with Crippen LogP contribution in [0.25, 0.3) is 0 Å². The Labute approximate surface area is 149 Å². The van der Waals surface area contributed by atoms with E-state index in [1.54, 1.807) is 6.20 Å². The van der Waals surface area contributed by atoms with Crippen LogP contribution >= 0.6 is 0 Å². The number of urea groups is 1. The SMILES string of the molecule is CC(C)C1c2ccccc2CCN1C(=O)Nc1ccnn1C1CCC1. The maximum absolute atomic E-state index is 13.0. The second-order valence-electron chi connectivity index (χ2n) is 7.51. The molecule has 2 amide bonds. The monoisotopic (exact) mass is 338 g/mol. The summed E-state index contributed by atoms with van der Waals surface area (Å²) >= 11 is 0. The number of rotatable bonds is 3. The third-order valence-corrected chi connectivity index (χ3v) is 5.55. The van der Waals surface area contributed by atoms with Crippen molar-refractivity contribution in [1.29, 1.82) is 0 Å². The molecule has 4 rings (SSSR count). The van der Waals surface area contributed by atoms with Crippen LogP contribution in [-0.4, -0.2) is 27.3 Å². The number of hydrogen-bond donors (Lipinski definition) is 1. The number of nitrogens with zero attached hydrogens (tertiary/aromatic N) is 3. The quantitative estimate of drug-likeness (QED) is 0.902. The number of anilines is 1. The lowest BCUT2D eigenvalue weighted by atomic mass is 9.86. The van der Waals surface area contributed by atoms with Crippen molar-refractivity contribution in [1.82, 2.24) is 14.7 Å². The molecule has 132 valence electrons. The molecule has 1 aromatic heterocycles. The Hall–Kier alpha value is -2.30. The molecule has 0 radical (unpaired) electrons. The Kier molecular flexibility index (Phi) is 4.24. The van der Waals surface area contributed by atoms with Crippen LogP contribution in [-0.2, 0) is 6.42 Å². The molecule has 25 heavy (non-hydrogen) atoms. The number of carbonyl (C=O) groups is 1. The third-order valence-electron chi connectivity index (χ3n) is 5.55. The van der Waals surface area contributed by atoms with Crippen molar-refractivity contribution < 1.29 is 4.79 Å². The number of hydrogen-bond acceptors (Lipinski definition) is 2. The molecule has 1 atom stereocenters. The number of fused-ring (bicyclic) bond motifs is 1. The van der Waals surface area contributed by atoms with Gasteiger partial charge in [0.25, 0.3) is 0 Å². The molecule has 0 bridgehead atoms. The van der Waals surface area contributed by atoms with Crippen LogP contribution in [0.1, 0.15) is 56.3 Å². The van der Waals surface area contributed by atoms with Gasteiger partial charge in [-0.05, 0) is 42.7 Å². The molecule has 1 unspecified atom stereocenters. The molecular formula is C20H26N4O. The second kappa shape index (κ2) is 6.54. The summed E-state index contributed by atoms with van der Waals surface area (Å²) in [5.41, 5.74) is 2.65. The highest BCUT2D eigenvalue weighted by Gasteiger charge is 2.33. The van der Waals surface area contributed by atoms with E-state index in [1.807, 2.05) is 15.6 Å². The molecule has 2 aromatic rings. The lowest BCUT2D eigenvalue weighted by molar-refractivity contribution is 0.160. The summed E-state index contributed by atoms with van der Waals surface area (Å²) < 4.78 is 1.98. The molecule has 0 spiro atoms. The van der Waals surface area contributed by atoms with Gasteiger partial charge in [0.05, 0.1) is 18.3 Å². The molecule has 1 fully saturated rings. The average Bonchev–Trinajstić information content (AvgIpc) is 2.99. The number of nitrogens with one attached hydrogen (secondary N) is 1. The molecule has 1 aliphatic carbocycles. The van der Waals surface area contributed by atoms with Gasteiger partial charge in [-0.25, -0.2) is 9.48 Å². The van der Waals surface area contributed by atoms with E-state index in [9.17, 15) is 4.79 Å². The molecule has 5 nitrogen and oxygen atoms in total. The minimum absolute atomic E-state index is 0.0192. The third kappa shape index (κ3) is 2.92. The van der Waals surface area contributed by atoms with Gasteiger partial charge in [-0.2, -0.15) is 5.10 Å². The lowest BCUT2D eigenvalue weighted by Gasteiger charge is -2.39. The second-order valence-corrected chi connectivity index (χ2v) is 7.51. The first-order valence-corrected chi connectivity index (χ1v) is 9.34. The minimum Gasteiger partial charge on any atom is -0.317 e. The van der Waals surface area contributed by atoms with Crippen molar-refractivity contribution in [3.8, 4) is 0 Å². The maximum Gasteiger partial charge on any atom is 0.323 e. The lowest BCUT2D eigenvalue weighted by Crippen LogP contribution is -2.44. The Morgan fingerprint density at radius 1 is 1.24 bits per heavy atom. The van der Waals surface area contributed by atoms with E-state index in [2.05, 4.69) is 48.5 Å². The summed E-state index contributed by atoms with van der Waals surface area (Å²) in [7, 11) is 0. The summed E-state index contributed by atoms with van der Waals surface area (Å²) in [5.74, 6) is 1.18. The molecule has 2 heterocycles. The number of aromatic nitrogens is 2. The van der Waals surface area contributed by atoms with Crippen molar-refractivity contribution in [2.45, 2.75) is 51.6 Å². The van der Waals surface area contributed by atoms with E-state index in [4.69, 9.17) is 0 Å². The first kappa shape index (κ1) is 16.2. The summed E-state index contributed by atoms with van der Waals surface area (Å²) in [6.45, 7) is 5.13. The normalized spacial score (nSPS) is 20.3. The van der Waals surface area contributed by atoms with Crippen LogP contribution in [0.2, 0.25) is 0 Å². The van der Waals surface area contributed by atoms with Crippen LogP contribution < -0.4 is 5.32 Å². The average molecular weight is 338 g/mol. The predicted octanol–water partition coefficient (Wildman–Crippen LogP) is 4.40. The largest absolute Gasteiger partial charge is 0.323 e. The summed E-state index contributed by atoms with van der Waals surface area (Å²) in [6.07, 6.45) is 6.23. The fourth-order valence-corrected chi connectivity index (χ4v) is 4.06. The topological polar surface area (TPSA) is 50.2 Å². The van der Waals surface area contributed by atoms with Gasteiger partial charge in [-0.15, -0.1) is 0 Å². The molecule has 1 saturated carbocycles. The highest BCUT2D eigenvalue weighted by atomic mass is 16.2. The van der Waals surface area contributed by atoms with E-state index >= 15 is 0 Å². The van der Waals surface area contributed by atoms with Gasteiger partial charge in [0.2, 0.25) is 0 Å². The summed E-state index contributed by atoms with van der Waals surface area (Å²) in [6, 6.07) is 10.9. The highest BCUT2D eigenvalue weighted by Crippen LogP contribution is 2.36. The Morgan fingerprint density at radius 3 is 2.76 bits per heavy atom. The standard InChI is InChI=1S/C20H26N4O/c1-14(2)19-17-9-4-3-6-15(17)11-13-23(19)20(25)22-18-10-12-21-24(18)16-7-5-8-16/h3-4,6,9-10,12,14,16,19H,5,7-8,11,13H2,1-2H3,(H,22,25). The number of amides is 2. The van der Waals surface area contributed by atoms with Gasteiger partial charge in [-0.1, -0.05) is 38.1 Å². The van der Waals surface area contributed by atoms with Gasteiger partial charge >= 0.3 is 6.03 Å². The van der Waals surface area contributed by atoms with Crippen LogP contribution in [0.15, 0.2) is 36.5 Å². The Morgan fingerprint density at radius 2 is 2.04 bits per heavy atom. The van der Waals surface area contributed by atoms with Crippen molar-refractivity contribution in [2.24, 2.45) is 5.92 Å².